The Labute approximate surface area is 160 Å². The first-order valence-electron chi connectivity index (χ1n) is 8.77. The molecule has 0 aromatic carbocycles. The molecule has 2 heterocycles. The highest BCUT2D eigenvalue weighted by molar-refractivity contribution is 5.88. The molecule has 0 saturated heterocycles. The second-order valence-electron chi connectivity index (χ2n) is 6.55. The van der Waals surface area contributed by atoms with Gasteiger partial charge in [-0.3, -0.25) is 4.79 Å². The summed E-state index contributed by atoms with van der Waals surface area (Å²) in [5.41, 5.74) is 0.389. The predicted octanol–water partition coefficient (Wildman–Crippen LogP) is 3.63. The Morgan fingerprint density at radius 3 is 2.57 bits per heavy atom. The lowest BCUT2D eigenvalue weighted by Gasteiger charge is -2.26. The maximum absolute atomic E-state index is 13.8. The van der Waals surface area contributed by atoms with Crippen LogP contribution in [0.1, 0.15) is 38.9 Å². The van der Waals surface area contributed by atoms with Crippen molar-refractivity contribution in [3.05, 3.63) is 24.2 Å². The Morgan fingerprint density at radius 1 is 1.25 bits per heavy atom. The van der Waals surface area contributed by atoms with E-state index in [1.165, 1.54) is 32.4 Å². The van der Waals surface area contributed by atoms with Crippen molar-refractivity contribution in [3.63, 3.8) is 0 Å². The van der Waals surface area contributed by atoms with Gasteiger partial charge in [-0.05, 0) is 19.3 Å². The van der Waals surface area contributed by atoms with Gasteiger partial charge < -0.3 is 20.1 Å². The standard InChI is InChI=1S/C18H21F2N5O3/c1-10(26)22-14-7-12(13(27-3)9-21-14)23-15-8-16(28-11-5-4-6-11)25-17(24-15)18(2,19)20/h7-9,11H,4-6H2,1-3H3,(H2,21,22,23,24,25,26). The zero-order valence-electron chi connectivity index (χ0n) is 15.8. The number of nitrogens with zero attached hydrogens (tertiary/aromatic N) is 3. The minimum atomic E-state index is -3.24. The van der Waals surface area contributed by atoms with E-state index in [9.17, 15) is 13.6 Å². The van der Waals surface area contributed by atoms with E-state index in [-0.39, 0.29) is 29.5 Å². The van der Waals surface area contributed by atoms with Crippen molar-refractivity contribution in [3.8, 4) is 11.6 Å². The molecule has 0 spiro atoms. The molecule has 0 atom stereocenters. The average Bonchev–Trinajstić information content (AvgIpc) is 2.57. The molecule has 3 rings (SSSR count). The molecule has 0 unspecified atom stereocenters. The van der Waals surface area contributed by atoms with Crippen LogP contribution in [-0.2, 0) is 10.7 Å². The number of amides is 1. The number of halogens is 2. The van der Waals surface area contributed by atoms with E-state index >= 15 is 0 Å². The minimum absolute atomic E-state index is 0.0251. The lowest BCUT2D eigenvalue weighted by atomic mass is 9.96. The van der Waals surface area contributed by atoms with Gasteiger partial charge in [0.25, 0.3) is 0 Å². The average molecular weight is 393 g/mol. The number of anilines is 3. The summed E-state index contributed by atoms with van der Waals surface area (Å²) in [5.74, 6) is -3.38. The van der Waals surface area contributed by atoms with Gasteiger partial charge in [0.05, 0.1) is 19.0 Å². The van der Waals surface area contributed by atoms with Crippen molar-refractivity contribution >= 4 is 23.2 Å². The Balaban J connectivity index is 1.93. The maximum atomic E-state index is 13.8. The van der Waals surface area contributed by atoms with Crippen molar-refractivity contribution < 1.29 is 23.0 Å². The smallest absolute Gasteiger partial charge is 0.304 e. The summed E-state index contributed by atoms with van der Waals surface area (Å²) in [4.78, 5) is 23.0. The second kappa shape index (κ2) is 7.91. The number of hydrogen-bond acceptors (Lipinski definition) is 7. The Bertz CT molecular complexity index is 869. The van der Waals surface area contributed by atoms with Crippen LogP contribution >= 0.6 is 0 Å². The van der Waals surface area contributed by atoms with Crippen LogP contribution in [0.3, 0.4) is 0 Å². The van der Waals surface area contributed by atoms with Crippen LogP contribution in [0.2, 0.25) is 0 Å². The van der Waals surface area contributed by atoms with Gasteiger partial charge >= 0.3 is 5.92 Å². The summed E-state index contributed by atoms with van der Waals surface area (Å²) < 4.78 is 38.6. The van der Waals surface area contributed by atoms with E-state index in [1.807, 2.05) is 0 Å². The second-order valence-corrected chi connectivity index (χ2v) is 6.55. The molecule has 0 bridgehead atoms. The molecule has 2 aromatic heterocycles. The number of carbonyl (C=O) groups excluding carboxylic acids is 1. The molecule has 1 fully saturated rings. The summed E-state index contributed by atoms with van der Waals surface area (Å²) in [6.07, 6.45) is 4.14. The molecular formula is C18H21F2N5O3. The van der Waals surface area contributed by atoms with Crippen LogP contribution in [0.15, 0.2) is 18.3 Å². The van der Waals surface area contributed by atoms with E-state index in [1.54, 1.807) is 0 Å². The van der Waals surface area contributed by atoms with E-state index in [4.69, 9.17) is 9.47 Å². The molecule has 0 aliphatic heterocycles. The van der Waals surface area contributed by atoms with Crippen LogP contribution in [0.4, 0.5) is 26.1 Å². The van der Waals surface area contributed by atoms with Gasteiger partial charge in [0, 0.05) is 26.0 Å². The Kier molecular flexibility index (Phi) is 5.57. The largest absolute Gasteiger partial charge is 0.493 e. The number of ether oxygens (including phenoxy) is 2. The Hall–Kier alpha value is -3.04. The molecule has 0 radical (unpaired) electrons. The van der Waals surface area contributed by atoms with Gasteiger partial charge in [0.15, 0.2) is 5.75 Å². The van der Waals surface area contributed by atoms with E-state index in [0.717, 1.165) is 26.2 Å². The lowest BCUT2D eigenvalue weighted by Crippen LogP contribution is -2.26. The fraction of sp³-hybridized carbons (Fsp3) is 0.444. The van der Waals surface area contributed by atoms with Gasteiger partial charge in [-0.15, -0.1) is 0 Å². The van der Waals surface area contributed by atoms with Gasteiger partial charge in [-0.1, -0.05) is 0 Å². The fourth-order valence-electron chi connectivity index (χ4n) is 2.49. The molecular weight excluding hydrogens is 372 g/mol. The van der Waals surface area contributed by atoms with Crippen LogP contribution < -0.4 is 20.1 Å². The highest BCUT2D eigenvalue weighted by atomic mass is 19.3. The van der Waals surface area contributed by atoms with Crippen molar-refractivity contribution in [1.29, 1.82) is 0 Å². The van der Waals surface area contributed by atoms with Crippen LogP contribution in [0.5, 0.6) is 11.6 Å². The van der Waals surface area contributed by atoms with Gasteiger partial charge in [-0.2, -0.15) is 13.8 Å². The fourth-order valence-corrected chi connectivity index (χ4v) is 2.49. The van der Waals surface area contributed by atoms with Crippen molar-refractivity contribution in [2.45, 2.75) is 45.1 Å². The first kappa shape index (κ1) is 19.7. The van der Waals surface area contributed by atoms with Crippen molar-refractivity contribution in [1.82, 2.24) is 15.0 Å². The highest BCUT2D eigenvalue weighted by Crippen LogP contribution is 2.33. The zero-order chi connectivity index (χ0) is 20.3. The monoisotopic (exact) mass is 393 g/mol. The first-order chi connectivity index (χ1) is 13.2. The van der Waals surface area contributed by atoms with Gasteiger partial charge in [0.2, 0.25) is 17.6 Å². The minimum Gasteiger partial charge on any atom is -0.493 e. The van der Waals surface area contributed by atoms with Gasteiger partial charge in [-0.25, -0.2) is 9.97 Å². The molecule has 1 amide bonds. The number of methoxy groups -OCH3 is 1. The molecule has 2 N–H and O–H groups in total. The number of rotatable bonds is 7. The maximum Gasteiger partial charge on any atom is 0.304 e. The molecule has 1 saturated carbocycles. The molecule has 28 heavy (non-hydrogen) atoms. The van der Waals surface area contributed by atoms with Crippen LogP contribution in [0.25, 0.3) is 0 Å². The molecule has 8 nitrogen and oxygen atoms in total. The molecule has 10 heteroatoms. The lowest BCUT2D eigenvalue weighted by molar-refractivity contribution is -0.114. The first-order valence-corrected chi connectivity index (χ1v) is 8.77. The third kappa shape index (κ3) is 4.81. The van der Waals surface area contributed by atoms with Crippen LogP contribution in [-0.4, -0.2) is 34.1 Å². The summed E-state index contributed by atoms with van der Waals surface area (Å²) >= 11 is 0. The predicted molar refractivity (Wildman–Crippen MR) is 98.2 cm³/mol. The number of aromatic nitrogens is 3. The van der Waals surface area contributed by atoms with E-state index in [0.29, 0.717) is 11.4 Å². The van der Waals surface area contributed by atoms with Gasteiger partial charge in [0.1, 0.15) is 17.7 Å². The Morgan fingerprint density at radius 2 is 2.00 bits per heavy atom. The van der Waals surface area contributed by atoms with Crippen molar-refractivity contribution in [2.75, 3.05) is 17.7 Å². The number of hydrogen-bond donors (Lipinski definition) is 2. The normalized spacial score (nSPS) is 14.2. The highest BCUT2D eigenvalue weighted by Gasteiger charge is 2.30. The van der Waals surface area contributed by atoms with Crippen molar-refractivity contribution in [2.24, 2.45) is 0 Å². The SMILES string of the molecule is COc1cnc(NC(C)=O)cc1Nc1cc(OC2CCC2)nc(C(C)(F)F)n1. The summed E-state index contributed by atoms with van der Waals surface area (Å²) in [6.45, 7) is 2.07. The number of nitrogens with one attached hydrogen (secondary N) is 2. The summed E-state index contributed by atoms with van der Waals surface area (Å²) in [6, 6.07) is 2.96. The molecule has 1 aliphatic rings. The zero-order valence-corrected chi connectivity index (χ0v) is 15.8. The summed E-state index contributed by atoms with van der Waals surface area (Å²) in [7, 11) is 1.44. The van der Waals surface area contributed by atoms with Crippen LogP contribution in [0, 0.1) is 0 Å². The molecule has 150 valence electrons. The topological polar surface area (TPSA) is 98.3 Å². The van der Waals surface area contributed by atoms with E-state index in [2.05, 4.69) is 25.6 Å². The molecule has 1 aliphatic carbocycles. The third-order valence-electron chi connectivity index (χ3n) is 4.09. The third-order valence-corrected chi connectivity index (χ3v) is 4.09. The quantitative estimate of drug-likeness (QED) is 0.741. The number of pyridine rings is 1. The number of alkyl halides is 2. The summed E-state index contributed by atoms with van der Waals surface area (Å²) in [5, 5.41) is 5.47. The molecule has 2 aromatic rings. The number of carbonyl (C=O) groups is 1. The van der Waals surface area contributed by atoms with E-state index < -0.39 is 11.7 Å².